The Morgan fingerprint density at radius 2 is 1.65 bits per heavy atom. The van der Waals surface area contributed by atoms with Gasteiger partial charge in [0.1, 0.15) is 0 Å². The van der Waals surface area contributed by atoms with Crippen LogP contribution in [-0.4, -0.2) is 49.9 Å². The third-order valence-electron chi connectivity index (χ3n) is 6.06. The highest BCUT2D eigenvalue weighted by molar-refractivity contribution is 6.05. The molecule has 2 saturated heterocycles. The second-order valence-corrected chi connectivity index (χ2v) is 7.74. The fourth-order valence-electron chi connectivity index (χ4n) is 4.26. The molecule has 0 spiro atoms. The number of likely N-dealkylation sites (tertiary alicyclic amines) is 1. The Kier molecular flexibility index (Phi) is 5.88. The van der Waals surface area contributed by atoms with Crippen LogP contribution in [0.5, 0.6) is 0 Å². The average Bonchev–Trinajstić information content (AvgIpc) is 3.43. The third-order valence-corrected chi connectivity index (χ3v) is 6.06. The Balaban J connectivity index is 0.00000196. The number of amides is 2. The van der Waals surface area contributed by atoms with E-state index in [0.717, 1.165) is 57.5 Å². The number of benzene rings is 1. The lowest BCUT2D eigenvalue weighted by Crippen LogP contribution is -2.35. The second-order valence-electron chi connectivity index (χ2n) is 7.74. The topological polar surface area (TPSA) is 52.7 Å². The first-order chi connectivity index (χ1) is 12.1. The first-order valence-electron chi connectivity index (χ1n) is 9.51. The molecule has 1 aromatic carbocycles. The van der Waals surface area contributed by atoms with Crippen molar-refractivity contribution in [3.63, 3.8) is 0 Å². The van der Waals surface area contributed by atoms with Crippen molar-refractivity contribution in [1.82, 2.24) is 10.2 Å². The summed E-state index contributed by atoms with van der Waals surface area (Å²) in [5, 5.41) is 3.47. The molecule has 1 saturated carbocycles. The molecule has 6 heteroatoms. The number of hydrogen-bond acceptors (Lipinski definition) is 3. The number of rotatable bonds is 3. The van der Waals surface area contributed by atoms with Crippen molar-refractivity contribution in [2.75, 3.05) is 38.1 Å². The lowest BCUT2D eigenvalue weighted by atomic mass is 9.92. The summed E-state index contributed by atoms with van der Waals surface area (Å²) >= 11 is 0. The van der Waals surface area contributed by atoms with Crippen LogP contribution in [0, 0.1) is 17.8 Å². The number of fused-ring (bicyclic) bond motifs is 1. The largest absolute Gasteiger partial charge is 0.339 e. The highest BCUT2D eigenvalue weighted by Gasteiger charge is 2.35. The third kappa shape index (κ3) is 3.74. The molecule has 2 aliphatic heterocycles. The van der Waals surface area contributed by atoms with E-state index in [1.165, 1.54) is 0 Å². The fraction of sp³-hybridized carbons (Fsp3) is 0.600. The Labute approximate surface area is 161 Å². The molecule has 142 valence electrons. The minimum atomic E-state index is 0. The Morgan fingerprint density at radius 3 is 2.27 bits per heavy atom. The molecule has 0 bridgehead atoms. The van der Waals surface area contributed by atoms with E-state index in [1.807, 2.05) is 29.2 Å². The van der Waals surface area contributed by atoms with Crippen LogP contribution in [0.1, 0.15) is 36.0 Å². The summed E-state index contributed by atoms with van der Waals surface area (Å²) in [5.41, 5.74) is 1.40. The van der Waals surface area contributed by atoms with Gasteiger partial charge in [-0.1, -0.05) is 12.1 Å². The van der Waals surface area contributed by atoms with E-state index in [4.69, 9.17) is 0 Å². The lowest BCUT2D eigenvalue weighted by molar-refractivity contribution is -0.119. The molecule has 3 aliphatic rings. The summed E-state index contributed by atoms with van der Waals surface area (Å²) in [4.78, 5) is 29.3. The number of carbonyl (C=O) groups excluding carboxylic acids is 2. The molecule has 1 aliphatic carbocycles. The van der Waals surface area contributed by atoms with E-state index in [-0.39, 0.29) is 30.1 Å². The number of halogens is 1. The van der Waals surface area contributed by atoms with E-state index in [1.54, 1.807) is 11.9 Å². The van der Waals surface area contributed by atoms with Crippen molar-refractivity contribution in [3.8, 4) is 0 Å². The zero-order chi connectivity index (χ0) is 17.4. The van der Waals surface area contributed by atoms with E-state index in [0.29, 0.717) is 17.4 Å². The molecule has 26 heavy (non-hydrogen) atoms. The summed E-state index contributed by atoms with van der Waals surface area (Å²) in [7, 11) is 1.80. The highest BCUT2D eigenvalue weighted by atomic mass is 35.5. The van der Waals surface area contributed by atoms with Gasteiger partial charge in [-0.2, -0.15) is 0 Å². The number of carbonyl (C=O) groups is 2. The van der Waals surface area contributed by atoms with Gasteiger partial charge >= 0.3 is 0 Å². The predicted octanol–water partition coefficient (Wildman–Crippen LogP) is 2.55. The maximum absolute atomic E-state index is 13.2. The molecule has 0 aromatic heterocycles. The van der Waals surface area contributed by atoms with E-state index in [2.05, 4.69) is 5.32 Å². The minimum absolute atomic E-state index is 0. The summed E-state index contributed by atoms with van der Waals surface area (Å²) in [6.45, 7) is 3.80. The standard InChI is InChI=1S/C20H27N3O2.ClH/c1-22(19(24)14-6-7-14)18-5-3-2-4-17(18)20(25)23-10-8-15-12-21-13-16(15)9-11-23;/h2-5,14-16,21H,6-13H2,1H3;1H/t15-,16+;. The van der Waals surface area contributed by atoms with Crippen LogP contribution in [-0.2, 0) is 4.79 Å². The molecule has 2 atom stereocenters. The number of para-hydroxylation sites is 1. The van der Waals surface area contributed by atoms with Crippen molar-refractivity contribution in [3.05, 3.63) is 29.8 Å². The van der Waals surface area contributed by atoms with Gasteiger partial charge in [-0.3, -0.25) is 9.59 Å². The van der Waals surface area contributed by atoms with E-state index >= 15 is 0 Å². The maximum Gasteiger partial charge on any atom is 0.255 e. The molecule has 2 heterocycles. The summed E-state index contributed by atoms with van der Waals surface area (Å²) < 4.78 is 0. The molecule has 1 aromatic rings. The molecule has 1 N–H and O–H groups in total. The molecule has 4 rings (SSSR count). The molecule has 0 radical (unpaired) electrons. The lowest BCUT2D eigenvalue weighted by Gasteiger charge is -2.25. The van der Waals surface area contributed by atoms with Gasteiger partial charge in [-0.05, 0) is 62.7 Å². The van der Waals surface area contributed by atoms with Crippen LogP contribution in [0.4, 0.5) is 5.69 Å². The van der Waals surface area contributed by atoms with Crippen LogP contribution in [0.25, 0.3) is 0 Å². The van der Waals surface area contributed by atoms with Crippen molar-refractivity contribution in [2.24, 2.45) is 17.8 Å². The number of hydrogen-bond donors (Lipinski definition) is 1. The minimum Gasteiger partial charge on any atom is -0.339 e. The van der Waals surface area contributed by atoms with Crippen LogP contribution >= 0.6 is 12.4 Å². The number of anilines is 1. The summed E-state index contributed by atoms with van der Waals surface area (Å²) in [6, 6.07) is 7.55. The van der Waals surface area contributed by atoms with E-state index in [9.17, 15) is 9.59 Å². The quantitative estimate of drug-likeness (QED) is 0.880. The fourth-order valence-corrected chi connectivity index (χ4v) is 4.26. The van der Waals surface area contributed by atoms with Crippen molar-refractivity contribution >= 4 is 29.9 Å². The molecule has 0 unspecified atom stereocenters. The Bertz CT molecular complexity index is 663. The number of nitrogens with zero attached hydrogens (tertiary/aromatic N) is 2. The van der Waals surface area contributed by atoms with Gasteiger partial charge < -0.3 is 15.1 Å². The van der Waals surface area contributed by atoms with Crippen molar-refractivity contribution in [1.29, 1.82) is 0 Å². The number of nitrogens with one attached hydrogen (secondary N) is 1. The smallest absolute Gasteiger partial charge is 0.255 e. The zero-order valence-corrected chi connectivity index (χ0v) is 16.1. The maximum atomic E-state index is 13.2. The summed E-state index contributed by atoms with van der Waals surface area (Å²) in [6.07, 6.45) is 4.09. The van der Waals surface area contributed by atoms with Gasteiger partial charge in [0.2, 0.25) is 5.91 Å². The van der Waals surface area contributed by atoms with Crippen molar-refractivity contribution in [2.45, 2.75) is 25.7 Å². The molecule has 2 amide bonds. The zero-order valence-electron chi connectivity index (χ0n) is 15.3. The predicted molar refractivity (Wildman–Crippen MR) is 105 cm³/mol. The second kappa shape index (κ2) is 7.97. The van der Waals surface area contributed by atoms with Gasteiger partial charge in [0, 0.05) is 26.1 Å². The van der Waals surface area contributed by atoms with Crippen LogP contribution in [0.2, 0.25) is 0 Å². The highest BCUT2D eigenvalue weighted by Crippen LogP contribution is 2.34. The van der Waals surface area contributed by atoms with Crippen LogP contribution in [0.15, 0.2) is 24.3 Å². The molecule has 3 fully saturated rings. The van der Waals surface area contributed by atoms with E-state index < -0.39 is 0 Å². The van der Waals surface area contributed by atoms with Gasteiger partial charge in [-0.15, -0.1) is 12.4 Å². The van der Waals surface area contributed by atoms with Crippen LogP contribution in [0.3, 0.4) is 0 Å². The molecule has 5 nitrogen and oxygen atoms in total. The average molecular weight is 378 g/mol. The molecular weight excluding hydrogens is 350 g/mol. The first kappa shape index (κ1) is 19.2. The van der Waals surface area contributed by atoms with Crippen LogP contribution < -0.4 is 10.2 Å². The van der Waals surface area contributed by atoms with Gasteiger partial charge in [0.05, 0.1) is 11.3 Å². The summed E-state index contributed by atoms with van der Waals surface area (Å²) in [5.74, 6) is 1.76. The molecular formula is C20H28ClN3O2. The SMILES string of the molecule is CN(C(=O)C1CC1)c1ccccc1C(=O)N1CC[C@@H]2CNC[C@@H]2CC1.Cl. The Hall–Kier alpha value is -1.59. The monoisotopic (exact) mass is 377 g/mol. The van der Waals surface area contributed by atoms with Gasteiger partial charge in [0.25, 0.3) is 5.91 Å². The van der Waals surface area contributed by atoms with Gasteiger partial charge in [0.15, 0.2) is 0 Å². The first-order valence-corrected chi connectivity index (χ1v) is 9.51. The van der Waals surface area contributed by atoms with Crippen molar-refractivity contribution < 1.29 is 9.59 Å². The Morgan fingerprint density at radius 1 is 1.04 bits per heavy atom. The normalized spacial score (nSPS) is 25.0. The van der Waals surface area contributed by atoms with Gasteiger partial charge in [-0.25, -0.2) is 0 Å².